The zero-order valence-corrected chi connectivity index (χ0v) is 24.9. The normalized spacial score (nSPS) is 12.0. The van der Waals surface area contributed by atoms with Gasteiger partial charge >= 0.3 is 0 Å². The van der Waals surface area contributed by atoms with Crippen molar-refractivity contribution in [1.29, 1.82) is 0 Å². The molecular formula is C30H20BF16N. The van der Waals surface area contributed by atoms with E-state index in [1.54, 1.807) is 0 Å². The molecule has 1 nitrogen and oxygen atoms in total. The molecule has 0 aromatic heterocycles. The molecule has 4 aromatic carbocycles. The molecule has 0 aliphatic carbocycles. The van der Waals surface area contributed by atoms with Crippen LogP contribution in [-0.4, -0.2) is 25.8 Å². The van der Waals surface area contributed by atoms with Crippen molar-refractivity contribution in [3.63, 3.8) is 0 Å². The fraction of sp³-hybridized carbons (Fsp3) is 0.200. The van der Waals surface area contributed by atoms with Gasteiger partial charge in [0.05, 0.1) is 42.9 Å². The van der Waals surface area contributed by atoms with Gasteiger partial charge in [-0.3, -0.25) is 0 Å². The standard InChI is InChI=1S/C24H4BF16.C6H15N/c26-5-1-9(30)17(34)21(38)13(5)25(14-6(27)2-10(31)18(35)22(14)39,15-7(28)3-11(32)19(36)23(15)40)16-8(29)4-12(33)20(37)24(16)41;1-6(2,3)7(4)5/h1-4H;1-5H3/q-1;/p+1. The lowest BCUT2D eigenvalue weighted by molar-refractivity contribution is -0.908. The molecule has 1 N–H and O–H groups in total. The first-order valence-electron chi connectivity index (χ1n) is 13.2. The molecular weight excluding hydrogens is 689 g/mol. The zero-order chi connectivity index (χ0) is 37.0. The molecule has 0 atom stereocenters. The lowest BCUT2D eigenvalue weighted by Crippen LogP contribution is -3.13. The van der Waals surface area contributed by atoms with Crippen LogP contribution in [-0.2, 0) is 0 Å². The van der Waals surface area contributed by atoms with Crippen LogP contribution in [0.2, 0.25) is 0 Å². The van der Waals surface area contributed by atoms with Gasteiger partial charge in [-0.2, -0.15) is 0 Å². The van der Waals surface area contributed by atoms with Crippen molar-refractivity contribution >= 4 is 28.0 Å². The molecule has 0 aliphatic rings. The van der Waals surface area contributed by atoms with Gasteiger partial charge < -0.3 is 4.90 Å². The van der Waals surface area contributed by atoms with Crippen LogP contribution in [0.5, 0.6) is 0 Å². The number of hydrogen-bond donors (Lipinski definition) is 1. The highest BCUT2D eigenvalue weighted by Crippen LogP contribution is 2.27. The molecule has 4 rings (SSSR count). The molecule has 0 unspecified atom stereocenters. The smallest absolute Gasteiger partial charge is 0.191 e. The lowest BCUT2D eigenvalue weighted by Gasteiger charge is -2.44. The second-order valence-corrected chi connectivity index (χ2v) is 11.6. The number of benzene rings is 4. The fourth-order valence-electron chi connectivity index (χ4n) is 4.77. The molecule has 48 heavy (non-hydrogen) atoms. The fourth-order valence-corrected chi connectivity index (χ4v) is 4.77. The Morgan fingerprint density at radius 1 is 0.354 bits per heavy atom. The molecule has 4 aromatic rings. The average Bonchev–Trinajstić information content (AvgIpc) is 2.96. The summed E-state index contributed by atoms with van der Waals surface area (Å²) in [5, 5.41) is 0. The first-order chi connectivity index (χ1) is 21.9. The maximum atomic E-state index is 15.3. The van der Waals surface area contributed by atoms with E-state index in [4.69, 9.17) is 0 Å². The first-order valence-corrected chi connectivity index (χ1v) is 13.2. The van der Waals surface area contributed by atoms with Crippen molar-refractivity contribution in [2.75, 3.05) is 14.1 Å². The Morgan fingerprint density at radius 2 is 0.521 bits per heavy atom. The van der Waals surface area contributed by atoms with E-state index in [1.807, 2.05) is 0 Å². The second-order valence-electron chi connectivity index (χ2n) is 11.6. The van der Waals surface area contributed by atoms with Gasteiger partial charge in [0.15, 0.2) is 46.5 Å². The van der Waals surface area contributed by atoms with Crippen LogP contribution in [0.4, 0.5) is 70.2 Å². The predicted molar refractivity (Wildman–Crippen MR) is 142 cm³/mol. The van der Waals surface area contributed by atoms with Crippen LogP contribution in [0.15, 0.2) is 24.3 Å². The van der Waals surface area contributed by atoms with Crippen molar-refractivity contribution in [2.24, 2.45) is 0 Å². The number of nitrogens with one attached hydrogen (secondary N) is 1. The van der Waals surface area contributed by atoms with Crippen molar-refractivity contribution in [1.82, 2.24) is 0 Å². The average molecular weight is 709 g/mol. The maximum absolute atomic E-state index is 15.3. The molecule has 0 saturated carbocycles. The van der Waals surface area contributed by atoms with Crippen LogP contribution in [0.3, 0.4) is 0 Å². The monoisotopic (exact) mass is 709 g/mol. The Labute approximate surface area is 261 Å². The Balaban J connectivity index is 0.000000804. The van der Waals surface area contributed by atoms with E-state index in [0.717, 1.165) is 0 Å². The molecule has 0 fully saturated rings. The van der Waals surface area contributed by atoms with Gasteiger partial charge in [-0.1, -0.05) is 0 Å². The largest absolute Gasteiger partial charge is 0.336 e. The van der Waals surface area contributed by atoms with E-state index in [-0.39, 0.29) is 0 Å². The highest BCUT2D eigenvalue weighted by atomic mass is 19.2. The molecule has 0 heterocycles. The van der Waals surface area contributed by atoms with E-state index < -0.39 is 145 Å². The van der Waals surface area contributed by atoms with E-state index in [9.17, 15) is 35.1 Å². The summed E-state index contributed by atoms with van der Waals surface area (Å²) in [7, 11) is 4.33. The summed E-state index contributed by atoms with van der Waals surface area (Å²) >= 11 is 0. The number of halogens is 16. The van der Waals surface area contributed by atoms with Crippen molar-refractivity contribution in [3.8, 4) is 0 Å². The Morgan fingerprint density at radius 3 is 0.667 bits per heavy atom. The summed E-state index contributed by atoms with van der Waals surface area (Å²) in [6.07, 6.45) is -6.18. The maximum Gasteiger partial charge on any atom is 0.191 e. The highest BCUT2D eigenvalue weighted by molar-refractivity contribution is 7.20. The first kappa shape index (κ1) is 38.2. The van der Waals surface area contributed by atoms with E-state index in [0.29, 0.717) is 5.54 Å². The van der Waals surface area contributed by atoms with Crippen molar-refractivity contribution in [2.45, 2.75) is 26.3 Å². The predicted octanol–water partition coefficient (Wildman–Crippen LogP) is 5.22. The molecule has 0 spiro atoms. The third-order valence-electron chi connectivity index (χ3n) is 7.83. The minimum absolute atomic E-state index is 0.417. The van der Waals surface area contributed by atoms with Crippen LogP contribution < -0.4 is 26.8 Å². The minimum atomic E-state index is -6.18. The third kappa shape index (κ3) is 6.21. The van der Waals surface area contributed by atoms with Gasteiger partial charge in [0.2, 0.25) is 0 Å². The summed E-state index contributed by atoms with van der Waals surface area (Å²) in [6.45, 7) is 6.67. The topological polar surface area (TPSA) is 4.44 Å². The number of quaternary nitrogens is 1. The number of hydrogen-bond acceptors (Lipinski definition) is 0. The zero-order valence-electron chi connectivity index (χ0n) is 24.9. The van der Waals surface area contributed by atoms with Gasteiger partial charge in [-0.05, 0) is 20.8 Å². The Kier molecular flexibility index (Phi) is 10.6. The van der Waals surface area contributed by atoms with Crippen LogP contribution in [0.1, 0.15) is 20.8 Å². The van der Waals surface area contributed by atoms with Gasteiger partial charge in [0.1, 0.15) is 29.4 Å². The van der Waals surface area contributed by atoms with Crippen LogP contribution in [0.25, 0.3) is 0 Å². The summed E-state index contributed by atoms with van der Waals surface area (Å²) in [4.78, 5) is 1.49. The molecule has 0 amide bonds. The SMILES string of the molecule is C[NH+](C)C(C)(C)C.Fc1cc(F)c([B-](c2c(F)cc(F)c(F)c2F)(c2c(F)cc(F)c(F)c2F)c2c(F)cc(F)c(F)c2F)c(F)c1F. The minimum Gasteiger partial charge on any atom is -0.336 e. The molecule has 0 saturated heterocycles. The van der Waals surface area contributed by atoms with Crippen LogP contribution in [0, 0.1) is 93.1 Å². The van der Waals surface area contributed by atoms with Crippen molar-refractivity contribution < 1.29 is 75.1 Å². The van der Waals surface area contributed by atoms with Gasteiger partial charge in [-0.25, -0.2) is 70.2 Å². The molecule has 18 heteroatoms. The summed E-state index contributed by atoms with van der Waals surface area (Å²) < 4.78 is 235. The third-order valence-corrected chi connectivity index (χ3v) is 7.83. The van der Waals surface area contributed by atoms with Crippen LogP contribution >= 0.6 is 0 Å². The van der Waals surface area contributed by atoms with E-state index in [2.05, 4.69) is 34.9 Å². The Bertz CT molecular complexity index is 1660. The molecule has 0 radical (unpaired) electrons. The molecule has 0 bridgehead atoms. The lowest BCUT2D eigenvalue weighted by atomic mass is 9.12. The molecule has 260 valence electrons. The quantitative estimate of drug-likeness (QED) is 0.129. The van der Waals surface area contributed by atoms with Gasteiger partial charge in [0.25, 0.3) is 0 Å². The Hall–Kier alpha value is -4.22. The molecule has 0 aliphatic heterocycles. The van der Waals surface area contributed by atoms with Gasteiger partial charge in [0, 0.05) is 24.3 Å². The summed E-state index contributed by atoms with van der Waals surface area (Å²) in [5.41, 5.74) is -10.5. The van der Waals surface area contributed by atoms with Gasteiger partial charge in [-0.15, -0.1) is 21.9 Å². The summed E-state index contributed by atoms with van der Waals surface area (Å²) in [6, 6.07) is -2.92. The summed E-state index contributed by atoms with van der Waals surface area (Å²) in [5.74, 6) is -45.1. The number of rotatable bonds is 4. The van der Waals surface area contributed by atoms with Crippen molar-refractivity contribution in [3.05, 3.63) is 117 Å². The van der Waals surface area contributed by atoms with E-state index >= 15 is 35.1 Å². The highest BCUT2D eigenvalue weighted by Gasteiger charge is 2.49. The second kappa shape index (κ2) is 13.4. The van der Waals surface area contributed by atoms with E-state index in [1.165, 1.54) is 4.90 Å².